The van der Waals surface area contributed by atoms with Gasteiger partial charge in [0, 0.05) is 6.04 Å². The first-order valence-electron chi connectivity index (χ1n) is 6.32. The lowest BCUT2D eigenvalue weighted by molar-refractivity contribution is -0.193. The average molecular weight is 305 g/mol. The third-order valence-corrected chi connectivity index (χ3v) is 3.33. The summed E-state index contributed by atoms with van der Waals surface area (Å²) in [6.07, 6.45) is -2.71. The Morgan fingerprint density at radius 2 is 2.00 bits per heavy atom. The summed E-state index contributed by atoms with van der Waals surface area (Å²) in [7, 11) is 0. The Morgan fingerprint density at radius 3 is 2.65 bits per heavy atom. The maximum atomic E-state index is 13.7. The predicted octanol–water partition coefficient (Wildman–Crippen LogP) is 2.18. The minimum Gasteiger partial charge on any atom is -0.424 e. The standard InChI is InChI=1S/C13H15ClF2N2O2/c14-10-3-1-2-4-11(10)20-13(15,16)12(19)18-9-5-7-17-8-6-9/h1-4,9,17H,5-8H2,(H,18,19). The number of para-hydroxylation sites is 1. The second-order valence-electron chi connectivity index (χ2n) is 4.55. The minimum absolute atomic E-state index is 0.0295. The molecule has 1 aliphatic rings. The number of alkyl halides is 2. The number of carbonyl (C=O) groups is 1. The first kappa shape index (κ1) is 15.0. The molecule has 2 rings (SSSR count). The van der Waals surface area contributed by atoms with E-state index in [0.717, 1.165) is 0 Å². The van der Waals surface area contributed by atoms with Crippen molar-refractivity contribution in [3.8, 4) is 5.75 Å². The molecule has 0 aliphatic carbocycles. The summed E-state index contributed by atoms with van der Waals surface area (Å²) in [5, 5.41) is 5.42. The lowest BCUT2D eigenvalue weighted by atomic mass is 10.1. The van der Waals surface area contributed by atoms with Crippen molar-refractivity contribution < 1.29 is 18.3 Å². The van der Waals surface area contributed by atoms with Gasteiger partial charge in [0.15, 0.2) is 0 Å². The van der Waals surface area contributed by atoms with Crippen LogP contribution in [-0.4, -0.2) is 31.1 Å². The molecule has 0 bridgehead atoms. The van der Waals surface area contributed by atoms with Gasteiger partial charge < -0.3 is 15.4 Å². The Morgan fingerprint density at radius 1 is 1.35 bits per heavy atom. The van der Waals surface area contributed by atoms with Gasteiger partial charge in [0.25, 0.3) is 0 Å². The Labute approximate surface area is 120 Å². The number of nitrogens with one attached hydrogen (secondary N) is 2. The van der Waals surface area contributed by atoms with Gasteiger partial charge in [0.05, 0.1) is 5.02 Å². The molecule has 110 valence electrons. The number of piperidine rings is 1. The topological polar surface area (TPSA) is 50.4 Å². The third-order valence-electron chi connectivity index (χ3n) is 3.01. The highest BCUT2D eigenvalue weighted by atomic mass is 35.5. The molecular weight excluding hydrogens is 290 g/mol. The van der Waals surface area contributed by atoms with E-state index in [1.54, 1.807) is 6.07 Å². The highest BCUT2D eigenvalue weighted by Gasteiger charge is 2.43. The summed E-state index contributed by atoms with van der Waals surface area (Å²) in [6, 6.07) is 5.53. The van der Waals surface area contributed by atoms with Gasteiger partial charge in [-0.1, -0.05) is 23.7 Å². The quantitative estimate of drug-likeness (QED) is 0.896. The molecule has 0 radical (unpaired) electrons. The molecule has 0 aromatic heterocycles. The Bertz CT molecular complexity index is 479. The van der Waals surface area contributed by atoms with Crippen LogP contribution in [0.25, 0.3) is 0 Å². The maximum absolute atomic E-state index is 13.7. The molecule has 1 aromatic carbocycles. The van der Waals surface area contributed by atoms with E-state index in [1.165, 1.54) is 18.2 Å². The monoisotopic (exact) mass is 304 g/mol. The number of amides is 1. The van der Waals surface area contributed by atoms with Crippen molar-refractivity contribution >= 4 is 17.5 Å². The van der Waals surface area contributed by atoms with Crippen LogP contribution in [0.2, 0.25) is 5.02 Å². The number of hydrogen-bond donors (Lipinski definition) is 2. The van der Waals surface area contributed by atoms with E-state index < -0.39 is 12.0 Å². The number of hydrogen-bond acceptors (Lipinski definition) is 3. The molecule has 1 heterocycles. The Kier molecular flexibility index (Phi) is 4.77. The predicted molar refractivity (Wildman–Crippen MR) is 71.1 cm³/mol. The number of halogens is 3. The van der Waals surface area contributed by atoms with E-state index in [0.29, 0.717) is 25.9 Å². The lowest BCUT2D eigenvalue weighted by Crippen LogP contribution is -2.51. The molecule has 1 amide bonds. The summed E-state index contributed by atoms with van der Waals surface area (Å²) in [5.41, 5.74) is 0. The molecule has 4 nitrogen and oxygen atoms in total. The van der Waals surface area contributed by atoms with Crippen molar-refractivity contribution in [3.05, 3.63) is 29.3 Å². The second kappa shape index (κ2) is 6.37. The summed E-state index contributed by atoms with van der Waals surface area (Å²) in [6.45, 7) is 1.39. The van der Waals surface area contributed by atoms with E-state index in [9.17, 15) is 13.6 Å². The molecule has 0 saturated carbocycles. The summed E-state index contributed by atoms with van der Waals surface area (Å²) in [4.78, 5) is 11.6. The SMILES string of the molecule is O=C(NC1CCNCC1)C(F)(F)Oc1ccccc1Cl. The largest absolute Gasteiger partial charge is 0.482 e. The molecule has 1 fully saturated rings. The fraction of sp³-hybridized carbons (Fsp3) is 0.462. The van der Waals surface area contributed by atoms with Crippen LogP contribution in [0.5, 0.6) is 5.75 Å². The summed E-state index contributed by atoms with van der Waals surface area (Å²) in [5.74, 6) is -1.66. The van der Waals surface area contributed by atoms with Gasteiger partial charge in [-0.25, -0.2) is 0 Å². The second-order valence-corrected chi connectivity index (χ2v) is 4.95. The fourth-order valence-corrected chi connectivity index (χ4v) is 2.12. The molecule has 1 aliphatic heterocycles. The van der Waals surface area contributed by atoms with Crippen molar-refractivity contribution in [3.63, 3.8) is 0 Å². The van der Waals surface area contributed by atoms with E-state index in [1.807, 2.05) is 0 Å². The van der Waals surface area contributed by atoms with Crippen LogP contribution in [0, 0.1) is 0 Å². The van der Waals surface area contributed by atoms with Gasteiger partial charge in [-0.2, -0.15) is 8.78 Å². The van der Waals surface area contributed by atoms with Gasteiger partial charge in [-0.05, 0) is 38.1 Å². The molecule has 1 saturated heterocycles. The molecule has 2 N–H and O–H groups in total. The van der Waals surface area contributed by atoms with Crippen LogP contribution in [0.1, 0.15) is 12.8 Å². The minimum atomic E-state index is -3.95. The van der Waals surface area contributed by atoms with Crippen LogP contribution >= 0.6 is 11.6 Å². The maximum Gasteiger partial charge on any atom is 0.482 e. The third kappa shape index (κ3) is 3.80. The van der Waals surface area contributed by atoms with Crippen LogP contribution in [0.4, 0.5) is 8.78 Å². The van der Waals surface area contributed by atoms with E-state index in [2.05, 4.69) is 15.4 Å². The van der Waals surface area contributed by atoms with Gasteiger partial charge in [-0.15, -0.1) is 0 Å². The molecule has 1 aromatic rings. The van der Waals surface area contributed by atoms with Gasteiger partial charge >= 0.3 is 12.0 Å². The summed E-state index contributed by atoms with van der Waals surface area (Å²) < 4.78 is 31.9. The first-order valence-corrected chi connectivity index (χ1v) is 6.70. The van der Waals surface area contributed by atoms with E-state index in [4.69, 9.17) is 11.6 Å². The average Bonchev–Trinajstić information content (AvgIpc) is 2.42. The van der Waals surface area contributed by atoms with Crippen LogP contribution in [-0.2, 0) is 4.79 Å². The zero-order valence-corrected chi connectivity index (χ0v) is 11.4. The molecule has 7 heteroatoms. The summed E-state index contributed by atoms with van der Waals surface area (Å²) >= 11 is 5.73. The zero-order chi connectivity index (χ0) is 14.6. The van der Waals surface area contributed by atoms with Gasteiger partial charge in [0.1, 0.15) is 5.75 Å². The van der Waals surface area contributed by atoms with Crippen LogP contribution in [0.3, 0.4) is 0 Å². The molecular formula is C13H15ClF2N2O2. The lowest BCUT2D eigenvalue weighted by Gasteiger charge is -2.26. The van der Waals surface area contributed by atoms with Crippen molar-refractivity contribution in [2.24, 2.45) is 0 Å². The molecule has 0 atom stereocenters. The van der Waals surface area contributed by atoms with Crippen molar-refractivity contribution in [1.29, 1.82) is 0 Å². The zero-order valence-electron chi connectivity index (χ0n) is 10.7. The van der Waals surface area contributed by atoms with Crippen molar-refractivity contribution in [2.75, 3.05) is 13.1 Å². The van der Waals surface area contributed by atoms with Crippen molar-refractivity contribution in [1.82, 2.24) is 10.6 Å². The van der Waals surface area contributed by atoms with Gasteiger partial charge in [-0.3, -0.25) is 4.79 Å². The normalized spacial score (nSPS) is 16.8. The van der Waals surface area contributed by atoms with Crippen molar-refractivity contribution in [2.45, 2.75) is 25.0 Å². The van der Waals surface area contributed by atoms with Crippen LogP contribution in [0.15, 0.2) is 24.3 Å². The number of rotatable bonds is 4. The highest BCUT2D eigenvalue weighted by Crippen LogP contribution is 2.29. The first-order chi connectivity index (χ1) is 9.49. The number of benzene rings is 1. The fourth-order valence-electron chi connectivity index (χ4n) is 1.95. The number of carbonyl (C=O) groups excluding carboxylic acids is 1. The highest BCUT2D eigenvalue weighted by molar-refractivity contribution is 6.32. The molecule has 0 spiro atoms. The smallest absolute Gasteiger partial charge is 0.424 e. The van der Waals surface area contributed by atoms with E-state index in [-0.39, 0.29) is 16.8 Å². The molecule has 20 heavy (non-hydrogen) atoms. The molecule has 0 unspecified atom stereocenters. The Hall–Kier alpha value is -1.40. The van der Waals surface area contributed by atoms with Gasteiger partial charge in [0.2, 0.25) is 0 Å². The Balaban J connectivity index is 1.98. The van der Waals surface area contributed by atoms with E-state index >= 15 is 0 Å². The number of ether oxygens (including phenoxy) is 1. The van der Waals surface area contributed by atoms with Crippen LogP contribution < -0.4 is 15.4 Å².